The Bertz CT molecular complexity index is 127. The summed E-state index contributed by atoms with van der Waals surface area (Å²) in [4.78, 5) is 4.72. The highest BCUT2D eigenvalue weighted by atomic mass is 16.7. The van der Waals surface area contributed by atoms with E-state index in [-0.39, 0.29) is 6.29 Å². The fourth-order valence-electron chi connectivity index (χ4n) is 1.21. The average molecular weight is 218 g/mol. The van der Waals surface area contributed by atoms with Gasteiger partial charge in [-0.15, -0.1) is 0 Å². The number of methoxy groups -OCH3 is 1. The van der Waals surface area contributed by atoms with Crippen LogP contribution in [-0.2, 0) is 9.47 Å². The summed E-state index contributed by atoms with van der Waals surface area (Å²) >= 11 is 0. The third-order valence-corrected chi connectivity index (χ3v) is 2.46. The van der Waals surface area contributed by atoms with Crippen molar-refractivity contribution in [2.45, 2.75) is 20.1 Å². The lowest BCUT2D eigenvalue weighted by molar-refractivity contribution is -0.106. The van der Waals surface area contributed by atoms with Crippen LogP contribution >= 0.6 is 0 Å². The van der Waals surface area contributed by atoms with Crippen molar-refractivity contribution in [3.63, 3.8) is 0 Å². The van der Waals surface area contributed by atoms with E-state index < -0.39 is 0 Å². The fraction of sp³-hybridized carbons (Fsp3) is 1.00. The van der Waals surface area contributed by atoms with E-state index in [0.717, 1.165) is 6.61 Å². The number of likely N-dealkylation sites (N-methyl/N-ethyl adjacent to an activating group) is 2. The largest absolute Gasteiger partial charge is 0.356 e. The van der Waals surface area contributed by atoms with Crippen LogP contribution in [0.15, 0.2) is 0 Å². The maximum atomic E-state index is 4.97. The Morgan fingerprint density at radius 1 is 1.07 bits per heavy atom. The van der Waals surface area contributed by atoms with Gasteiger partial charge >= 0.3 is 0 Å². The van der Waals surface area contributed by atoms with Gasteiger partial charge < -0.3 is 19.3 Å². The third-order valence-electron chi connectivity index (χ3n) is 2.46. The zero-order valence-corrected chi connectivity index (χ0v) is 10.8. The van der Waals surface area contributed by atoms with Crippen molar-refractivity contribution in [2.75, 3.05) is 54.0 Å². The van der Waals surface area contributed by atoms with Gasteiger partial charge in [-0.05, 0) is 27.9 Å². The summed E-state index contributed by atoms with van der Waals surface area (Å²) in [5, 5.41) is 0. The Morgan fingerprint density at radius 2 is 1.47 bits per heavy atom. The smallest absolute Gasteiger partial charge is 0.154 e. The number of piperazine rings is 1. The van der Waals surface area contributed by atoms with Gasteiger partial charge in [-0.2, -0.15) is 0 Å². The van der Waals surface area contributed by atoms with E-state index in [2.05, 4.69) is 23.9 Å². The second-order valence-corrected chi connectivity index (χ2v) is 3.87. The first kappa shape index (κ1) is 14.8. The van der Waals surface area contributed by atoms with Crippen molar-refractivity contribution in [2.24, 2.45) is 0 Å². The van der Waals surface area contributed by atoms with Crippen molar-refractivity contribution in [3.8, 4) is 0 Å². The fourth-order valence-corrected chi connectivity index (χ4v) is 1.21. The summed E-state index contributed by atoms with van der Waals surface area (Å²) in [6, 6.07) is 0. The molecule has 92 valence electrons. The highest BCUT2D eigenvalue weighted by molar-refractivity contribution is 4.64. The predicted octanol–water partition coefficient (Wildman–Crippen LogP) is 0.879. The van der Waals surface area contributed by atoms with Gasteiger partial charge in [0.25, 0.3) is 0 Å². The molecule has 0 spiro atoms. The lowest BCUT2D eigenvalue weighted by Gasteiger charge is -2.28. The van der Waals surface area contributed by atoms with Gasteiger partial charge in [0.2, 0.25) is 0 Å². The van der Waals surface area contributed by atoms with Gasteiger partial charge in [0.05, 0.1) is 0 Å². The summed E-state index contributed by atoms with van der Waals surface area (Å²) in [5.41, 5.74) is 0. The topological polar surface area (TPSA) is 24.9 Å². The van der Waals surface area contributed by atoms with Crippen LogP contribution in [0.3, 0.4) is 0 Å². The standard InChI is InChI=1S/C6H14N2.C5H12O2/c1-7-3-5-8(2)6-4-7;1-4-7-5(2)6-3/h3-6H2,1-2H3;5H,4H2,1-3H3. The number of rotatable bonds is 3. The quantitative estimate of drug-likeness (QED) is 0.657. The Hall–Kier alpha value is -0.160. The van der Waals surface area contributed by atoms with Gasteiger partial charge in [-0.3, -0.25) is 0 Å². The molecule has 1 unspecified atom stereocenters. The SMILES string of the molecule is CCOC(C)OC.CN1CCN(C)CC1. The molecule has 0 radical (unpaired) electrons. The average Bonchev–Trinajstić information content (AvgIpc) is 2.24. The number of hydrogen-bond donors (Lipinski definition) is 0. The minimum Gasteiger partial charge on any atom is -0.356 e. The summed E-state index contributed by atoms with van der Waals surface area (Å²) in [6.45, 7) is 9.45. The van der Waals surface area contributed by atoms with E-state index in [0.29, 0.717) is 0 Å². The number of hydrogen-bond acceptors (Lipinski definition) is 4. The van der Waals surface area contributed by atoms with Crippen molar-refractivity contribution in [3.05, 3.63) is 0 Å². The summed E-state index contributed by atoms with van der Waals surface area (Å²) in [5.74, 6) is 0. The van der Waals surface area contributed by atoms with E-state index in [9.17, 15) is 0 Å². The third kappa shape index (κ3) is 8.81. The molecule has 1 heterocycles. The monoisotopic (exact) mass is 218 g/mol. The minimum atomic E-state index is -0.0509. The molecule has 1 aliphatic heterocycles. The first-order valence-electron chi connectivity index (χ1n) is 5.61. The van der Waals surface area contributed by atoms with Crippen LogP contribution in [0.4, 0.5) is 0 Å². The predicted molar refractivity (Wildman–Crippen MR) is 63.1 cm³/mol. The zero-order valence-electron chi connectivity index (χ0n) is 10.8. The number of ether oxygens (including phenoxy) is 2. The van der Waals surface area contributed by atoms with Crippen LogP contribution in [0.2, 0.25) is 0 Å². The molecular formula is C11H26N2O2. The summed E-state index contributed by atoms with van der Waals surface area (Å²) < 4.78 is 9.74. The Balaban J connectivity index is 0.000000265. The Morgan fingerprint density at radius 3 is 1.67 bits per heavy atom. The van der Waals surface area contributed by atoms with Crippen LogP contribution in [0.5, 0.6) is 0 Å². The Kier molecular flexibility index (Phi) is 9.00. The van der Waals surface area contributed by atoms with Crippen molar-refractivity contribution in [1.82, 2.24) is 9.80 Å². The molecule has 1 aliphatic rings. The highest BCUT2D eigenvalue weighted by Crippen LogP contribution is 1.93. The lowest BCUT2D eigenvalue weighted by atomic mass is 10.4. The maximum Gasteiger partial charge on any atom is 0.154 e. The normalized spacial score (nSPS) is 20.6. The molecule has 0 bridgehead atoms. The van der Waals surface area contributed by atoms with Crippen LogP contribution in [0.1, 0.15) is 13.8 Å². The van der Waals surface area contributed by atoms with E-state index in [1.54, 1.807) is 7.11 Å². The lowest BCUT2D eigenvalue weighted by Crippen LogP contribution is -2.42. The van der Waals surface area contributed by atoms with E-state index in [1.165, 1.54) is 26.2 Å². The maximum absolute atomic E-state index is 4.97. The second-order valence-electron chi connectivity index (χ2n) is 3.87. The van der Waals surface area contributed by atoms with Crippen molar-refractivity contribution >= 4 is 0 Å². The molecule has 1 fully saturated rings. The molecule has 0 aromatic heterocycles. The van der Waals surface area contributed by atoms with Crippen LogP contribution in [0.25, 0.3) is 0 Å². The van der Waals surface area contributed by atoms with Gasteiger partial charge in [0.15, 0.2) is 6.29 Å². The molecule has 15 heavy (non-hydrogen) atoms. The molecule has 0 aliphatic carbocycles. The van der Waals surface area contributed by atoms with Gasteiger partial charge in [-0.25, -0.2) is 0 Å². The molecule has 1 rings (SSSR count). The van der Waals surface area contributed by atoms with Crippen LogP contribution in [0, 0.1) is 0 Å². The molecule has 1 saturated heterocycles. The summed E-state index contributed by atoms with van der Waals surface area (Å²) in [6.07, 6.45) is -0.0509. The van der Waals surface area contributed by atoms with Crippen LogP contribution in [-0.4, -0.2) is 70.1 Å². The van der Waals surface area contributed by atoms with Crippen molar-refractivity contribution in [1.29, 1.82) is 0 Å². The van der Waals surface area contributed by atoms with Gasteiger partial charge in [0, 0.05) is 39.9 Å². The zero-order chi connectivity index (χ0) is 11.7. The van der Waals surface area contributed by atoms with Crippen LogP contribution < -0.4 is 0 Å². The molecular weight excluding hydrogens is 192 g/mol. The molecule has 0 aromatic rings. The van der Waals surface area contributed by atoms with Crippen molar-refractivity contribution < 1.29 is 9.47 Å². The number of nitrogens with zero attached hydrogens (tertiary/aromatic N) is 2. The minimum absolute atomic E-state index is 0.0509. The van der Waals surface area contributed by atoms with E-state index >= 15 is 0 Å². The van der Waals surface area contributed by atoms with E-state index in [4.69, 9.17) is 9.47 Å². The Labute approximate surface area is 94.1 Å². The molecule has 0 aromatic carbocycles. The molecule has 4 heteroatoms. The summed E-state index contributed by atoms with van der Waals surface area (Å²) in [7, 11) is 5.97. The van der Waals surface area contributed by atoms with E-state index in [1.807, 2.05) is 13.8 Å². The first-order valence-corrected chi connectivity index (χ1v) is 5.61. The molecule has 0 N–H and O–H groups in total. The van der Waals surface area contributed by atoms with Gasteiger partial charge in [-0.1, -0.05) is 0 Å². The molecule has 1 atom stereocenters. The molecule has 4 nitrogen and oxygen atoms in total. The molecule has 0 saturated carbocycles. The first-order chi connectivity index (χ1) is 7.10. The van der Waals surface area contributed by atoms with Gasteiger partial charge in [0.1, 0.15) is 0 Å². The highest BCUT2D eigenvalue weighted by Gasteiger charge is 2.07. The second kappa shape index (κ2) is 9.09. The molecule has 0 amide bonds.